The van der Waals surface area contributed by atoms with E-state index in [9.17, 15) is 4.39 Å². The molecule has 2 rings (SSSR count). The molecule has 0 aliphatic heterocycles. The van der Waals surface area contributed by atoms with Gasteiger partial charge in [-0.3, -0.25) is 0 Å². The van der Waals surface area contributed by atoms with Crippen LogP contribution in [0.2, 0.25) is 0 Å². The Kier molecular flexibility index (Phi) is 3.63. The maximum Gasteiger partial charge on any atom is 0.129 e. The Morgan fingerprint density at radius 2 is 2.00 bits per heavy atom. The Hall–Kier alpha value is -0.850. The van der Waals surface area contributed by atoms with E-state index >= 15 is 0 Å². The molecule has 1 heteroatoms. The second kappa shape index (κ2) is 4.99. The second-order valence-electron chi connectivity index (χ2n) is 5.04. The van der Waals surface area contributed by atoms with Crippen LogP contribution in [-0.2, 0) is 0 Å². The van der Waals surface area contributed by atoms with Crippen LogP contribution in [0.15, 0.2) is 18.2 Å². The lowest BCUT2D eigenvalue weighted by molar-refractivity contribution is 0.293. The second-order valence-corrected chi connectivity index (χ2v) is 5.04. The molecule has 1 saturated carbocycles. The molecule has 0 amide bonds. The third-order valence-corrected chi connectivity index (χ3v) is 4.05. The first-order valence-corrected chi connectivity index (χ1v) is 6.49. The van der Waals surface area contributed by atoms with Gasteiger partial charge in [-0.15, -0.1) is 0 Å². The predicted molar refractivity (Wildman–Crippen MR) is 66.1 cm³/mol. The van der Waals surface area contributed by atoms with Crippen molar-refractivity contribution in [2.45, 2.75) is 51.9 Å². The van der Waals surface area contributed by atoms with Crippen molar-refractivity contribution in [1.29, 1.82) is 0 Å². The lowest BCUT2D eigenvalue weighted by atomic mass is 9.74. The van der Waals surface area contributed by atoms with E-state index in [1.54, 1.807) is 0 Å². The number of aryl methyl sites for hydroxylation is 1. The summed E-state index contributed by atoms with van der Waals surface area (Å²) in [4.78, 5) is 0. The molecule has 0 N–H and O–H groups in total. The SMILES string of the molecule is CCC1CCCCC1c1cccc(C)c1F. The van der Waals surface area contributed by atoms with E-state index in [0.717, 1.165) is 11.1 Å². The highest BCUT2D eigenvalue weighted by Crippen LogP contribution is 2.40. The first-order valence-electron chi connectivity index (χ1n) is 6.49. The summed E-state index contributed by atoms with van der Waals surface area (Å²) in [6.45, 7) is 4.10. The third-order valence-electron chi connectivity index (χ3n) is 4.05. The number of halogens is 1. The minimum Gasteiger partial charge on any atom is -0.206 e. The van der Waals surface area contributed by atoms with Gasteiger partial charge in [-0.1, -0.05) is 44.4 Å². The molecule has 1 aromatic carbocycles. The third kappa shape index (κ3) is 2.14. The molecule has 0 spiro atoms. The van der Waals surface area contributed by atoms with Gasteiger partial charge in [0.1, 0.15) is 5.82 Å². The zero-order valence-electron chi connectivity index (χ0n) is 10.3. The van der Waals surface area contributed by atoms with E-state index in [2.05, 4.69) is 6.92 Å². The van der Waals surface area contributed by atoms with Crippen molar-refractivity contribution in [3.05, 3.63) is 35.1 Å². The van der Waals surface area contributed by atoms with E-state index in [0.29, 0.717) is 11.8 Å². The molecule has 0 saturated heterocycles. The molecule has 2 atom stereocenters. The average Bonchev–Trinajstić information content (AvgIpc) is 2.33. The zero-order valence-corrected chi connectivity index (χ0v) is 10.3. The van der Waals surface area contributed by atoms with Gasteiger partial charge < -0.3 is 0 Å². The summed E-state index contributed by atoms with van der Waals surface area (Å²) in [7, 11) is 0. The number of hydrogen-bond donors (Lipinski definition) is 0. The largest absolute Gasteiger partial charge is 0.206 e. The first-order chi connectivity index (χ1) is 7.74. The Bertz CT molecular complexity index is 356. The van der Waals surface area contributed by atoms with Crippen molar-refractivity contribution in [2.75, 3.05) is 0 Å². The molecule has 0 radical (unpaired) electrons. The van der Waals surface area contributed by atoms with Crippen LogP contribution in [0.1, 0.15) is 56.1 Å². The molecule has 0 heterocycles. The molecule has 1 aromatic rings. The van der Waals surface area contributed by atoms with Gasteiger partial charge in [0.05, 0.1) is 0 Å². The van der Waals surface area contributed by atoms with E-state index in [4.69, 9.17) is 0 Å². The fourth-order valence-corrected chi connectivity index (χ4v) is 3.06. The molecule has 0 aromatic heterocycles. The van der Waals surface area contributed by atoms with Gasteiger partial charge in [-0.25, -0.2) is 4.39 Å². The summed E-state index contributed by atoms with van der Waals surface area (Å²) in [6.07, 6.45) is 6.20. The van der Waals surface area contributed by atoms with E-state index in [1.807, 2.05) is 25.1 Å². The van der Waals surface area contributed by atoms with Crippen LogP contribution in [0.3, 0.4) is 0 Å². The molecule has 0 bridgehead atoms. The van der Waals surface area contributed by atoms with E-state index in [1.165, 1.54) is 32.1 Å². The van der Waals surface area contributed by atoms with Crippen LogP contribution in [0.4, 0.5) is 4.39 Å². The minimum absolute atomic E-state index is 0.0350. The summed E-state index contributed by atoms with van der Waals surface area (Å²) in [5.41, 5.74) is 1.75. The fourth-order valence-electron chi connectivity index (χ4n) is 3.06. The van der Waals surface area contributed by atoms with Gasteiger partial charge >= 0.3 is 0 Å². The lowest BCUT2D eigenvalue weighted by Gasteiger charge is -2.31. The molecule has 1 aliphatic carbocycles. The maximum atomic E-state index is 14.1. The monoisotopic (exact) mass is 220 g/mol. The maximum absolute atomic E-state index is 14.1. The highest BCUT2D eigenvalue weighted by molar-refractivity contribution is 5.28. The summed E-state index contributed by atoms with van der Waals surface area (Å²) in [5, 5.41) is 0. The molecular weight excluding hydrogens is 199 g/mol. The topological polar surface area (TPSA) is 0 Å². The highest BCUT2D eigenvalue weighted by Gasteiger charge is 2.27. The summed E-state index contributed by atoms with van der Waals surface area (Å²) in [6, 6.07) is 5.85. The van der Waals surface area contributed by atoms with Crippen LogP contribution in [0.25, 0.3) is 0 Å². The van der Waals surface area contributed by atoms with Crippen LogP contribution in [0.5, 0.6) is 0 Å². The Balaban J connectivity index is 2.30. The van der Waals surface area contributed by atoms with Gasteiger partial charge in [-0.05, 0) is 42.7 Å². The van der Waals surface area contributed by atoms with Crippen molar-refractivity contribution in [1.82, 2.24) is 0 Å². The van der Waals surface area contributed by atoms with Gasteiger partial charge in [-0.2, -0.15) is 0 Å². The molecule has 88 valence electrons. The van der Waals surface area contributed by atoms with Crippen LogP contribution >= 0.6 is 0 Å². The van der Waals surface area contributed by atoms with Crippen LogP contribution in [0, 0.1) is 18.7 Å². The van der Waals surface area contributed by atoms with Crippen molar-refractivity contribution in [2.24, 2.45) is 5.92 Å². The summed E-state index contributed by atoms with van der Waals surface area (Å²) < 4.78 is 14.1. The van der Waals surface area contributed by atoms with Gasteiger partial charge in [0, 0.05) is 0 Å². The van der Waals surface area contributed by atoms with Crippen molar-refractivity contribution in [3.63, 3.8) is 0 Å². The van der Waals surface area contributed by atoms with Gasteiger partial charge in [0.2, 0.25) is 0 Å². The quantitative estimate of drug-likeness (QED) is 0.670. The molecule has 2 unspecified atom stereocenters. The first kappa shape index (κ1) is 11.6. The van der Waals surface area contributed by atoms with Crippen molar-refractivity contribution in [3.8, 4) is 0 Å². The van der Waals surface area contributed by atoms with Crippen LogP contribution < -0.4 is 0 Å². The average molecular weight is 220 g/mol. The Labute approximate surface area is 97.9 Å². The Morgan fingerprint density at radius 1 is 1.25 bits per heavy atom. The number of benzene rings is 1. The Morgan fingerprint density at radius 3 is 2.75 bits per heavy atom. The zero-order chi connectivity index (χ0) is 11.5. The number of rotatable bonds is 2. The fraction of sp³-hybridized carbons (Fsp3) is 0.600. The van der Waals surface area contributed by atoms with E-state index < -0.39 is 0 Å². The molecular formula is C15H21F. The lowest BCUT2D eigenvalue weighted by Crippen LogP contribution is -2.18. The predicted octanol–water partition coefficient (Wildman–Crippen LogP) is 4.82. The molecule has 1 aliphatic rings. The van der Waals surface area contributed by atoms with Crippen molar-refractivity contribution < 1.29 is 4.39 Å². The number of hydrogen-bond acceptors (Lipinski definition) is 0. The summed E-state index contributed by atoms with van der Waals surface area (Å²) >= 11 is 0. The highest BCUT2D eigenvalue weighted by atomic mass is 19.1. The standard InChI is InChI=1S/C15H21F/c1-3-12-8-4-5-9-13(12)14-10-6-7-11(2)15(14)16/h6-7,10,12-13H,3-5,8-9H2,1-2H3. The smallest absolute Gasteiger partial charge is 0.129 e. The van der Waals surface area contributed by atoms with Crippen molar-refractivity contribution >= 4 is 0 Å². The summed E-state index contributed by atoms with van der Waals surface area (Å²) in [5.74, 6) is 1.18. The van der Waals surface area contributed by atoms with E-state index in [-0.39, 0.29) is 5.82 Å². The minimum atomic E-state index is 0.0350. The van der Waals surface area contributed by atoms with Gasteiger partial charge in [0.15, 0.2) is 0 Å². The molecule has 1 fully saturated rings. The molecule has 0 nitrogen and oxygen atoms in total. The molecule has 16 heavy (non-hydrogen) atoms. The normalized spacial score (nSPS) is 25.7. The van der Waals surface area contributed by atoms with Crippen LogP contribution in [-0.4, -0.2) is 0 Å². The van der Waals surface area contributed by atoms with Gasteiger partial charge in [0.25, 0.3) is 0 Å².